The van der Waals surface area contributed by atoms with Crippen LogP contribution in [-0.2, 0) is 14.3 Å². The lowest BCUT2D eigenvalue weighted by Crippen LogP contribution is -2.29. The second-order valence-corrected chi connectivity index (χ2v) is 7.37. The summed E-state index contributed by atoms with van der Waals surface area (Å²) in [6, 6.07) is 14.5. The maximum atomic E-state index is 12.8. The molecule has 0 aromatic heterocycles. The number of anilines is 2. The molecule has 0 spiro atoms. The minimum Gasteiger partial charge on any atom is -0.462 e. The monoisotopic (exact) mass is 394 g/mol. The molecule has 2 aromatic carbocycles. The zero-order chi connectivity index (χ0) is 21.0. The van der Waals surface area contributed by atoms with Gasteiger partial charge in [-0.25, -0.2) is 4.79 Å². The molecule has 6 nitrogen and oxygen atoms in total. The van der Waals surface area contributed by atoms with Crippen molar-refractivity contribution in [2.24, 2.45) is 5.92 Å². The first-order chi connectivity index (χ1) is 13.9. The second kappa shape index (κ2) is 8.90. The average Bonchev–Trinajstić information content (AvgIpc) is 3.10. The quantitative estimate of drug-likeness (QED) is 0.752. The minimum atomic E-state index is -0.488. The fourth-order valence-electron chi connectivity index (χ4n) is 3.55. The van der Waals surface area contributed by atoms with Gasteiger partial charge in [0.2, 0.25) is 11.8 Å². The molecule has 29 heavy (non-hydrogen) atoms. The lowest BCUT2D eigenvalue weighted by molar-refractivity contribution is -0.122. The molecule has 6 heteroatoms. The van der Waals surface area contributed by atoms with E-state index in [1.165, 1.54) is 0 Å². The molecule has 2 amide bonds. The van der Waals surface area contributed by atoms with E-state index in [1.807, 2.05) is 24.3 Å². The molecule has 1 saturated heterocycles. The molecule has 0 saturated carbocycles. The van der Waals surface area contributed by atoms with Crippen LogP contribution in [0.5, 0.6) is 0 Å². The predicted molar refractivity (Wildman–Crippen MR) is 112 cm³/mol. The summed E-state index contributed by atoms with van der Waals surface area (Å²) in [7, 11) is 0. The third kappa shape index (κ3) is 4.47. The van der Waals surface area contributed by atoms with Gasteiger partial charge in [-0.15, -0.1) is 0 Å². The summed E-state index contributed by atoms with van der Waals surface area (Å²) in [5.74, 6) is -1.06. The van der Waals surface area contributed by atoms with E-state index in [2.05, 4.69) is 19.2 Å². The van der Waals surface area contributed by atoms with Crippen LogP contribution in [0.2, 0.25) is 0 Å². The zero-order valence-corrected chi connectivity index (χ0v) is 17.0. The van der Waals surface area contributed by atoms with E-state index in [-0.39, 0.29) is 30.8 Å². The Kier molecular flexibility index (Phi) is 6.32. The molecule has 1 atom stereocenters. The lowest BCUT2D eigenvalue weighted by Gasteiger charge is -2.22. The SMILES string of the molecule is CCOC(=O)c1ccccc1NC(=O)C1CC(=O)N(c2ccccc2C(C)C)C1. The van der Waals surface area contributed by atoms with Gasteiger partial charge in [0.1, 0.15) is 0 Å². The van der Waals surface area contributed by atoms with Crippen molar-refractivity contribution in [3.8, 4) is 0 Å². The minimum absolute atomic E-state index is 0.0723. The van der Waals surface area contributed by atoms with Crippen LogP contribution in [0.15, 0.2) is 48.5 Å². The molecule has 1 aliphatic rings. The van der Waals surface area contributed by atoms with E-state index in [1.54, 1.807) is 36.1 Å². The number of nitrogens with zero attached hydrogens (tertiary/aromatic N) is 1. The van der Waals surface area contributed by atoms with Gasteiger partial charge in [0.15, 0.2) is 0 Å². The van der Waals surface area contributed by atoms with Gasteiger partial charge >= 0.3 is 5.97 Å². The Hall–Kier alpha value is -3.15. The Morgan fingerprint density at radius 3 is 2.55 bits per heavy atom. The Morgan fingerprint density at radius 2 is 1.83 bits per heavy atom. The summed E-state index contributed by atoms with van der Waals surface area (Å²) in [4.78, 5) is 39.3. The molecule has 3 rings (SSSR count). The number of hydrogen-bond acceptors (Lipinski definition) is 4. The van der Waals surface area contributed by atoms with E-state index < -0.39 is 11.9 Å². The highest BCUT2D eigenvalue weighted by Gasteiger charge is 2.36. The highest BCUT2D eigenvalue weighted by Crippen LogP contribution is 2.32. The number of carbonyl (C=O) groups is 3. The normalized spacial score (nSPS) is 16.2. The van der Waals surface area contributed by atoms with Crippen LogP contribution < -0.4 is 10.2 Å². The van der Waals surface area contributed by atoms with Crippen molar-refractivity contribution < 1.29 is 19.1 Å². The number of nitrogens with one attached hydrogen (secondary N) is 1. The van der Waals surface area contributed by atoms with Crippen LogP contribution in [0.3, 0.4) is 0 Å². The van der Waals surface area contributed by atoms with Crippen LogP contribution in [0.4, 0.5) is 11.4 Å². The molecule has 1 aliphatic heterocycles. The third-order valence-corrected chi connectivity index (χ3v) is 5.03. The first-order valence-corrected chi connectivity index (χ1v) is 9.88. The van der Waals surface area contributed by atoms with E-state index >= 15 is 0 Å². The summed E-state index contributed by atoms with van der Waals surface area (Å²) in [6.45, 7) is 6.46. The van der Waals surface area contributed by atoms with Crippen molar-refractivity contribution in [2.75, 3.05) is 23.4 Å². The van der Waals surface area contributed by atoms with E-state index in [0.717, 1.165) is 11.3 Å². The fraction of sp³-hybridized carbons (Fsp3) is 0.348. The number of carbonyl (C=O) groups excluding carboxylic acids is 3. The van der Waals surface area contributed by atoms with Crippen molar-refractivity contribution in [1.29, 1.82) is 0 Å². The van der Waals surface area contributed by atoms with Crippen molar-refractivity contribution in [3.63, 3.8) is 0 Å². The summed E-state index contributed by atoms with van der Waals surface area (Å²) in [5.41, 5.74) is 2.63. The van der Waals surface area contributed by atoms with E-state index in [0.29, 0.717) is 17.8 Å². The highest BCUT2D eigenvalue weighted by molar-refractivity contribution is 6.06. The fourth-order valence-corrected chi connectivity index (χ4v) is 3.55. The van der Waals surface area contributed by atoms with Crippen molar-refractivity contribution in [3.05, 3.63) is 59.7 Å². The third-order valence-electron chi connectivity index (χ3n) is 5.03. The number of amides is 2. The Labute approximate surface area is 170 Å². The summed E-state index contributed by atoms with van der Waals surface area (Å²) >= 11 is 0. The molecule has 0 radical (unpaired) electrons. The Bertz CT molecular complexity index is 923. The molecule has 2 aromatic rings. The van der Waals surface area contributed by atoms with Crippen LogP contribution >= 0.6 is 0 Å². The van der Waals surface area contributed by atoms with Crippen molar-refractivity contribution >= 4 is 29.2 Å². The van der Waals surface area contributed by atoms with Gasteiger partial charge in [-0.3, -0.25) is 9.59 Å². The Morgan fingerprint density at radius 1 is 1.14 bits per heavy atom. The maximum Gasteiger partial charge on any atom is 0.340 e. The average molecular weight is 394 g/mol. The zero-order valence-electron chi connectivity index (χ0n) is 17.0. The summed E-state index contributed by atoms with van der Waals surface area (Å²) in [5, 5.41) is 2.80. The number of ether oxygens (including phenoxy) is 1. The first-order valence-electron chi connectivity index (χ1n) is 9.88. The van der Waals surface area contributed by atoms with Gasteiger partial charge in [0, 0.05) is 18.7 Å². The van der Waals surface area contributed by atoms with Gasteiger partial charge in [-0.05, 0) is 36.6 Å². The predicted octanol–water partition coefficient (Wildman–Crippen LogP) is 3.98. The number of benzene rings is 2. The number of rotatable bonds is 6. The van der Waals surface area contributed by atoms with Gasteiger partial charge in [-0.2, -0.15) is 0 Å². The number of para-hydroxylation sites is 2. The topological polar surface area (TPSA) is 75.7 Å². The molecule has 152 valence electrons. The van der Waals surface area contributed by atoms with Crippen molar-refractivity contribution in [2.45, 2.75) is 33.1 Å². The van der Waals surface area contributed by atoms with Gasteiger partial charge < -0.3 is 15.0 Å². The molecule has 1 N–H and O–H groups in total. The molecule has 1 heterocycles. The van der Waals surface area contributed by atoms with Crippen LogP contribution in [0.1, 0.15) is 49.0 Å². The summed E-state index contributed by atoms with van der Waals surface area (Å²) in [6.07, 6.45) is 0.139. The molecule has 1 unspecified atom stereocenters. The molecule has 0 bridgehead atoms. The van der Waals surface area contributed by atoms with Crippen LogP contribution in [0.25, 0.3) is 0 Å². The molecular weight excluding hydrogens is 368 g/mol. The Balaban J connectivity index is 1.76. The van der Waals surface area contributed by atoms with Crippen molar-refractivity contribution in [1.82, 2.24) is 0 Å². The highest BCUT2D eigenvalue weighted by atomic mass is 16.5. The van der Waals surface area contributed by atoms with E-state index in [9.17, 15) is 14.4 Å². The molecule has 1 fully saturated rings. The molecular formula is C23H26N2O4. The molecule has 0 aliphatic carbocycles. The lowest BCUT2D eigenvalue weighted by atomic mass is 10.0. The first kappa shape index (κ1) is 20.6. The second-order valence-electron chi connectivity index (χ2n) is 7.37. The van der Waals surface area contributed by atoms with Crippen LogP contribution in [-0.4, -0.2) is 30.9 Å². The van der Waals surface area contributed by atoms with Gasteiger partial charge in [0.25, 0.3) is 0 Å². The largest absolute Gasteiger partial charge is 0.462 e. The number of hydrogen-bond donors (Lipinski definition) is 1. The van der Waals surface area contributed by atoms with Gasteiger partial charge in [0.05, 0.1) is 23.8 Å². The summed E-state index contributed by atoms with van der Waals surface area (Å²) < 4.78 is 5.05. The standard InChI is InChI=1S/C23H26N2O4/c1-4-29-23(28)18-10-5-7-11-19(18)24-22(27)16-13-21(26)25(14-16)20-12-8-6-9-17(20)15(2)3/h5-12,15-16H,4,13-14H2,1-3H3,(H,24,27). The smallest absolute Gasteiger partial charge is 0.340 e. The number of esters is 1. The van der Waals surface area contributed by atoms with E-state index in [4.69, 9.17) is 4.74 Å². The van der Waals surface area contributed by atoms with Gasteiger partial charge in [-0.1, -0.05) is 44.2 Å². The van der Waals surface area contributed by atoms with Crippen LogP contribution in [0, 0.1) is 5.92 Å². The maximum absolute atomic E-state index is 12.8.